The zero-order valence-electron chi connectivity index (χ0n) is 13.9. The van der Waals surface area contributed by atoms with Gasteiger partial charge in [0.25, 0.3) is 0 Å². The number of carboxylic acids is 2. The number of benzene rings is 1. The van der Waals surface area contributed by atoms with E-state index in [-0.39, 0.29) is 11.1 Å². The molecule has 3 rings (SSSR count). The average molecular weight is 351 g/mol. The second-order valence-corrected chi connectivity index (χ2v) is 5.59. The zero-order valence-corrected chi connectivity index (χ0v) is 13.9. The Morgan fingerprint density at radius 1 is 1.00 bits per heavy atom. The molecule has 0 radical (unpaired) electrons. The first-order valence-corrected chi connectivity index (χ1v) is 7.53. The van der Waals surface area contributed by atoms with Crippen LogP contribution in [0.3, 0.4) is 0 Å². The molecule has 132 valence electrons. The normalized spacial score (nSPS) is 11.2. The molecule has 2 aromatic heterocycles. The van der Waals surface area contributed by atoms with Crippen LogP contribution in [-0.4, -0.2) is 37.6 Å². The van der Waals surface area contributed by atoms with Crippen molar-refractivity contribution in [1.29, 1.82) is 0 Å². The van der Waals surface area contributed by atoms with E-state index < -0.39 is 11.9 Å². The summed E-state index contributed by atoms with van der Waals surface area (Å²) in [5.41, 5.74) is 2.18. The molecule has 0 N–H and O–H groups in total. The second kappa shape index (κ2) is 6.63. The van der Waals surface area contributed by atoms with Crippen LogP contribution in [0.4, 0.5) is 0 Å². The Bertz CT molecular complexity index is 986. The summed E-state index contributed by atoms with van der Waals surface area (Å²) in [5.74, 6) is -2.93. The fraction of sp³-hybridized carbons (Fsp3) is 0.118. The van der Waals surface area contributed by atoms with Crippen molar-refractivity contribution in [1.82, 2.24) is 19.4 Å². The second-order valence-electron chi connectivity index (χ2n) is 5.59. The molecule has 0 saturated carbocycles. The fourth-order valence-corrected chi connectivity index (χ4v) is 2.68. The molecular weight excluding hydrogens is 338 g/mol. The van der Waals surface area contributed by atoms with Gasteiger partial charge in [-0.15, -0.1) is 10.2 Å². The van der Waals surface area contributed by atoms with Crippen molar-refractivity contribution in [3.63, 3.8) is 0 Å². The summed E-state index contributed by atoms with van der Waals surface area (Å²) in [6.45, 7) is 3.62. The van der Waals surface area contributed by atoms with Crippen molar-refractivity contribution in [2.75, 3.05) is 0 Å². The number of nitrogens with zero attached hydrogens (tertiary/aromatic N) is 5. The molecule has 0 spiro atoms. The molecule has 26 heavy (non-hydrogen) atoms. The lowest BCUT2D eigenvalue weighted by molar-refractivity contribution is -0.255. The van der Waals surface area contributed by atoms with Gasteiger partial charge < -0.3 is 24.4 Å². The van der Waals surface area contributed by atoms with Gasteiger partial charge in [0.05, 0.1) is 18.2 Å². The molecule has 0 aliphatic carbocycles. The van der Waals surface area contributed by atoms with Crippen LogP contribution in [0.25, 0.3) is 5.69 Å². The summed E-state index contributed by atoms with van der Waals surface area (Å²) in [6.07, 6.45) is 4.47. The summed E-state index contributed by atoms with van der Waals surface area (Å²) in [4.78, 5) is 22.4. The van der Waals surface area contributed by atoms with E-state index in [2.05, 4.69) is 15.3 Å². The van der Waals surface area contributed by atoms with Gasteiger partial charge in [0.15, 0.2) is 0 Å². The van der Waals surface area contributed by atoms with Gasteiger partial charge in [-0.05, 0) is 49.2 Å². The number of aromatic carboxylic acids is 2. The largest absolute Gasteiger partial charge is 0.545 e. The highest BCUT2D eigenvalue weighted by Crippen LogP contribution is 2.22. The van der Waals surface area contributed by atoms with Crippen molar-refractivity contribution >= 4 is 18.2 Å². The Balaban J connectivity index is 2.10. The smallest absolute Gasteiger partial charge is 0.141 e. The van der Waals surface area contributed by atoms with Crippen molar-refractivity contribution in [3.05, 3.63) is 65.0 Å². The molecule has 1 aromatic carbocycles. The summed E-state index contributed by atoms with van der Waals surface area (Å²) in [5, 5.41) is 33.9. The first kappa shape index (κ1) is 17.1. The number of carbonyl (C=O) groups excluding carboxylic acids is 2. The fourth-order valence-electron chi connectivity index (χ4n) is 2.68. The van der Waals surface area contributed by atoms with E-state index in [9.17, 15) is 19.8 Å². The number of aromatic nitrogens is 4. The third-order valence-electron chi connectivity index (χ3n) is 3.85. The molecular formula is C17H13N5O4-2. The lowest BCUT2D eigenvalue weighted by Crippen LogP contribution is -2.26. The molecule has 0 saturated heterocycles. The van der Waals surface area contributed by atoms with E-state index in [1.54, 1.807) is 10.8 Å². The number of aryl methyl sites for hydroxylation is 1. The van der Waals surface area contributed by atoms with Gasteiger partial charge in [0.1, 0.15) is 12.7 Å². The number of hydrogen-bond donors (Lipinski definition) is 0. The van der Waals surface area contributed by atoms with E-state index in [1.165, 1.54) is 29.5 Å². The number of carboxylic acid groups (broad SMARTS) is 2. The predicted molar refractivity (Wildman–Crippen MR) is 86.9 cm³/mol. The maximum Gasteiger partial charge on any atom is 0.141 e. The lowest BCUT2D eigenvalue weighted by atomic mass is 10.1. The van der Waals surface area contributed by atoms with Gasteiger partial charge in [-0.2, -0.15) is 5.10 Å². The van der Waals surface area contributed by atoms with E-state index in [1.807, 2.05) is 19.9 Å². The summed E-state index contributed by atoms with van der Waals surface area (Å²) in [7, 11) is 0. The molecule has 0 amide bonds. The highest BCUT2D eigenvalue weighted by Gasteiger charge is 2.12. The van der Waals surface area contributed by atoms with Crippen molar-refractivity contribution < 1.29 is 19.8 Å². The third kappa shape index (κ3) is 3.22. The first-order valence-electron chi connectivity index (χ1n) is 7.53. The Morgan fingerprint density at radius 2 is 1.58 bits per heavy atom. The van der Waals surface area contributed by atoms with Crippen LogP contribution in [0.2, 0.25) is 0 Å². The van der Waals surface area contributed by atoms with Crippen molar-refractivity contribution in [3.8, 4) is 5.69 Å². The molecule has 9 heteroatoms. The molecule has 0 fully saturated rings. The van der Waals surface area contributed by atoms with Gasteiger partial charge in [-0.25, -0.2) is 4.68 Å². The highest BCUT2D eigenvalue weighted by molar-refractivity contribution is 5.93. The minimum absolute atomic E-state index is 0.242. The summed E-state index contributed by atoms with van der Waals surface area (Å²) in [6, 6.07) is 5.55. The van der Waals surface area contributed by atoms with E-state index in [0.29, 0.717) is 5.69 Å². The van der Waals surface area contributed by atoms with Crippen LogP contribution in [0.5, 0.6) is 0 Å². The predicted octanol–water partition coefficient (Wildman–Crippen LogP) is -0.705. The molecule has 0 unspecified atom stereocenters. The van der Waals surface area contributed by atoms with Crippen LogP contribution in [0, 0.1) is 13.8 Å². The molecule has 0 atom stereocenters. The van der Waals surface area contributed by atoms with E-state index in [0.717, 1.165) is 23.0 Å². The van der Waals surface area contributed by atoms with Crippen LogP contribution >= 0.6 is 0 Å². The minimum Gasteiger partial charge on any atom is -0.545 e. The Labute approximate surface area is 147 Å². The average Bonchev–Trinajstić information content (AvgIpc) is 3.20. The number of carbonyl (C=O) groups is 2. The number of rotatable bonds is 5. The van der Waals surface area contributed by atoms with Crippen LogP contribution in [0.1, 0.15) is 37.7 Å². The molecule has 0 aliphatic heterocycles. The zero-order chi connectivity index (χ0) is 18.8. The minimum atomic E-state index is -1.47. The topological polar surface area (TPSA) is 128 Å². The van der Waals surface area contributed by atoms with Crippen LogP contribution in [0.15, 0.2) is 42.0 Å². The Hall–Kier alpha value is -3.75. The van der Waals surface area contributed by atoms with Gasteiger partial charge >= 0.3 is 0 Å². The third-order valence-corrected chi connectivity index (χ3v) is 3.85. The first-order chi connectivity index (χ1) is 12.4. The van der Waals surface area contributed by atoms with Crippen molar-refractivity contribution in [2.24, 2.45) is 5.10 Å². The van der Waals surface area contributed by atoms with Gasteiger partial charge in [-0.3, -0.25) is 0 Å². The standard InChI is InChI=1S/C17H15N5O4/c1-10-3-14(7-20-21-8-18-19-9-21)11(2)22(10)15-5-12(16(23)24)4-13(6-15)17(25)26/h3-9H,1-2H3,(H,23,24)(H,25,26)/p-2/b20-7-. The maximum absolute atomic E-state index is 11.2. The quantitative estimate of drug-likeness (QED) is 0.559. The lowest BCUT2D eigenvalue weighted by Gasteiger charge is -2.15. The Kier molecular flexibility index (Phi) is 4.36. The molecule has 2 heterocycles. The van der Waals surface area contributed by atoms with Crippen LogP contribution < -0.4 is 10.2 Å². The van der Waals surface area contributed by atoms with Gasteiger partial charge in [0, 0.05) is 22.6 Å². The van der Waals surface area contributed by atoms with Crippen molar-refractivity contribution in [2.45, 2.75) is 13.8 Å². The molecule has 3 aromatic rings. The van der Waals surface area contributed by atoms with Gasteiger partial charge in [0.2, 0.25) is 0 Å². The molecule has 0 bridgehead atoms. The SMILES string of the molecule is Cc1cc(/C=N\n2cnnc2)c(C)n1-c1cc(C(=O)[O-])cc(C(=O)[O-])c1. The summed E-state index contributed by atoms with van der Waals surface area (Å²) >= 11 is 0. The maximum atomic E-state index is 11.2. The van der Waals surface area contributed by atoms with E-state index in [4.69, 9.17) is 0 Å². The molecule has 0 aliphatic rings. The number of hydrogen-bond acceptors (Lipinski definition) is 7. The summed E-state index contributed by atoms with van der Waals surface area (Å²) < 4.78 is 3.16. The van der Waals surface area contributed by atoms with Crippen LogP contribution in [-0.2, 0) is 0 Å². The Morgan fingerprint density at radius 3 is 2.12 bits per heavy atom. The molecule has 9 nitrogen and oxygen atoms in total. The van der Waals surface area contributed by atoms with E-state index >= 15 is 0 Å². The van der Waals surface area contributed by atoms with Gasteiger partial charge in [-0.1, -0.05) is 0 Å². The monoisotopic (exact) mass is 351 g/mol. The highest BCUT2D eigenvalue weighted by atomic mass is 16.4.